The molecule has 0 radical (unpaired) electrons. The number of nitro benzene ring substituents is 2. The third-order valence-electron chi connectivity index (χ3n) is 7.40. The maximum absolute atomic E-state index is 11.1. The van der Waals surface area contributed by atoms with Gasteiger partial charge in [-0.1, -0.05) is 0 Å². The Kier molecular flexibility index (Phi) is 7.67. The second-order valence-electron chi connectivity index (χ2n) is 9.99. The van der Waals surface area contributed by atoms with Gasteiger partial charge in [-0.3, -0.25) is 20.2 Å². The highest BCUT2D eigenvalue weighted by molar-refractivity contribution is 5.94. The molecule has 222 valence electrons. The van der Waals surface area contributed by atoms with E-state index in [1.807, 2.05) is 0 Å². The van der Waals surface area contributed by atoms with E-state index in [1.165, 1.54) is 12.1 Å². The number of anilines is 2. The van der Waals surface area contributed by atoms with Crippen LogP contribution in [0, 0.1) is 20.2 Å². The smallest absolute Gasteiger partial charge is 0.300 e. The minimum absolute atomic E-state index is 0.0370. The normalized spacial score (nSPS) is 17.6. The maximum Gasteiger partial charge on any atom is 0.300 e. The molecule has 1 unspecified atom stereocenters. The number of fused-ring (bicyclic) bond motifs is 2. The fourth-order valence-electron chi connectivity index (χ4n) is 5.17. The summed E-state index contributed by atoms with van der Waals surface area (Å²) >= 11 is 0. The lowest BCUT2D eigenvalue weighted by atomic mass is 10.1. The van der Waals surface area contributed by atoms with Crippen molar-refractivity contribution < 1.29 is 19.1 Å². The number of aromatic nitrogens is 6. The topological polar surface area (TPSA) is 212 Å². The fourth-order valence-corrected chi connectivity index (χ4v) is 5.17. The molecule has 0 bridgehead atoms. The molecule has 18 heteroatoms. The molecule has 0 amide bonds. The Hall–Kier alpha value is -5.36. The second-order valence-corrected chi connectivity index (χ2v) is 9.99. The van der Waals surface area contributed by atoms with Crippen molar-refractivity contribution >= 4 is 44.8 Å². The lowest BCUT2D eigenvalue weighted by Crippen LogP contribution is -2.46. The summed E-state index contributed by atoms with van der Waals surface area (Å²) in [6.45, 7) is 5.68. The zero-order valence-electron chi connectivity index (χ0n) is 22.9. The van der Waals surface area contributed by atoms with Crippen molar-refractivity contribution in [2.24, 2.45) is 0 Å². The van der Waals surface area contributed by atoms with Crippen LogP contribution in [-0.2, 0) is 0 Å². The van der Waals surface area contributed by atoms with Crippen molar-refractivity contribution in [3.8, 4) is 0 Å². The van der Waals surface area contributed by atoms with Gasteiger partial charge in [0.2, 0.25) is 11.0 Å². The molecule has 2 aliphatic rings. The summed E-state index contributed by atoms with van der Waals surface area (Å²) in [5.41, 5.74) is 2.61. The molecule has 0 saturated carbocycles. The molecule has 2 saturated heterocycles. The number of piperazine rings is 2. The summed E-state index contributed by atoms with van der Waals surface area (Å²) in [6, 6.07) is 8.02. The van der Waals surface area contributed by atoms with Gasteiger partial charge in [0.25, 0.3) is 0 Å². The van der Waals surface area contributed by atoms with E-state index in [4.69, 9.17) is 4.63 Å². The summed E-state index contributed by atoms with van der Waals surface area (Å²) < 4.78 is 9.39. The highest BCUT2D eigenvalue weighted by Crippen LogP contribution is 2.33. The van der Waals surface area contributed by atoms with Crippen LogP contribution in [-0.4, -0.2) is 98.2 Å². The SMILES string of the molecule is CN1CCN(c2ccc([N+](=O)[O-])c3nonc23)CC1.O=[N+]([O-])c1ccc(N2CCNC(c3ncccn3)C2)c2nonc12. The Morgan fingerprint density at radius 2 is 1.30 bits per heavy atom. The number of nitrogens with one attached hydrogen (secondary N) is 1. The second kappa shape index (κ2) is 11.9. The van der Waals surface area contributed by atoms with Crippen molar-refractivity contribution in [2.75, 3.05) is 62.7 Å². The van der Waals surface area contributed by atoms with Gasteiger partial charge in [0, 0.05) is 70.3 Å². The summed E-state index contributed by atoms with van der Waals surface area (Å²) in [7, 11) is 2.07. The summed E-state index contributed by atoms with van der Waals surface area (Å²) in [4.78, 5) is 36.1. The van der Waals surface area contributed by atoms with E-state index in [-0.39, 0.29) is 28.5 Å². The number of benzene rings is 2. The van der Waals surface area contributed by atoms with Crippen molar-refractivity contribution in [1.82, 2.24) is 40.8 Å². The molecule has 1 N–H and O–H groups in total. The quantitative estimate of drug-likeness (QED) is 0.229. The summed E-state index contributed by atoms with van der Waals surface area (Å²) in [5, 5.41) is 40.4. The van der Waals surface area contributed by atoms with Crippen LogP contribution in [0.1, 0.15) is 11.9 Å². The number of hydrogen-bond acceptors (Lipinski definition) is 16. The van der Waals surface area contributed by atoms with Crippen LogP contribution in [0.5, 0.6) is 0 Å². The van der Waals surface area contributed by atoms with Crippen molar-refractivity contribution in [3.05, 3.63) is 68.8 Å². The molecule has 2 aliphatic heterocycles. The van der Waals surface area contributed by atoms with Crippen molar-refractivity contribution in [2.45, 2.75) is 6.04 Å². The third kappa shape index (κ3) is 5.60. The van der Waals surface area contributed by atoms with Crippen molar-refractivity contribution in [3.63, 3.8) is 0 Å². The van der Waals surface area contributed by atoms with E-state index in [9.17, 15) is 20.2 Å². The van der Waals surface area contributed by atoms with Gasteiger partial charge in [-0.15, -0.1) is 0 Å². The summed E-state index contributed by atoms with van der Waals surface area (Å²) in [6.07, 6.45) is 3.41. The van der Waals surface area contributed by atoms with E-state index in [0.29, 0.717) is 23.4 Å². The number of nitrogens with zero attached hydrogens (tertiary/aromatic N) is 11. The number of rotatable bonds is 5. The highest BCUT2D eigenvalue weighted by Gasteiger charge is 2.28. The molecule has 0 aliphatic carbocycles. The van der Waals surface area contributed by atoms with Crippen LogP contribution >= 0.6 is 0 Å². The molecule has 18 nitrogen and oxygen atoms in total. The minimum atomic E-state index is -0.491. The Labute approximate surface area is 242 Å². The molecule has 1 atom stereocenters. The molecular formula is C25H26N12O6. The maximum atomic E-state index is 11.1. The van der Waals surface area contributed by atoms with Gasteiger partial charge in [-0.05, 0) is 45.9 Å². The first-order valence-electron chi connectivity index (χ1n) is 13.4. The largest absolute Gasteiger partial charge is 0.367 e. The highest BCUT2D eigenvalue weighted by atomic mass is 16.6. The van der Waals surface area contributed by atoms with E-state index in [2.05, 4.69) is 62.3 Å². The first-order chi connectivity index (χ1) is 20.9. The molecule has 0 spiro atoms. The van der Waals surface area contributed by atoms with Gasteiger partial charge in [0.05, 0.1) is 27.3 Å². The zero-order valence-corrected chi connectivity index (χ0v) is 22.9. The van der Waals surface area contributed by atoms with Gasteiger partial charge in [0.15, 0.2) is 11.0 Å². The average molecular weight is 591 g/mol. The number of non-ortho nitro benzene ring substituents is 2. The molecule has 43 heavy (non-hydrogen) atoms. The van der Waals surface area contributed by atoms with Crippen LogP contribution in [0.3, 0.4) is 0 Å². The monoisotopic (exact) mass is 590 g/mol. The molecule has 5 heterocycles. The fraction of sp³-hybridized carbons (Fsp3) is 0.360. The van der Waals surface area contributed by atoms with Gasteiger partial charge in [-0.2, -0.15) is 0 Å². The molecule has 7 rings (SSSR count). The number of hydrogen-bond donors (Lipinski definition) is 1. The predicted octanol–water partition coefficient (Wildman–Crippen LogP) is 1.95. The molecule has 3 aromatic heterocycles. The molecular weight excluding hydrogens is 564 g/mol. The number of nitro groups is 2. The van der Waals surface area contributed by atoms with E-state index in [1.54, 1.807) is 30.6 Å². The van der Waals surface area contributed by atoms with Crippen LogP contribution in [0.15, 0.2) is 52.0 Å². The van der Waals surface area contributed by atoms with E-state index in [0.717, 1.165) is 50.6 Å². The predicted molar refractivity (Wildman–Crippen MR) is 152 cm³/mol. The molecule has 2 aromatic carbocycles. The van der Waals surface area contributed by atoms with Crippen LogP contribution in [0.25, 0.3) is 22.1 Å². The first-order valence-corrected chi connectivity index (χ1v) is 13.4. The van der Waals surface area contributed by atoms with E-state index < -0.39 is 9.85 Å². The Bertz CT molecular complexity index is 1750. The number of likely N-dealkylation sites (N-methyl/N-ethyl adjacent to an activating group) is 1. The van der Waals surface area contributed by atoms with Gasteiger partial charge in [0.1, 0.15) is 5.82 Å². The average Bonchev–Trinajstić information content (AvgIpc) is 3.72. The van der Waals surface area contributed by atoms with Gasteiger partial charge in [-0.25, -0.2) is 19.2 Å². The van der Waals surface area contributed by atoms with Crippen molar-refractivity contribution in [1.29, 1.82) is 0 Å². The van der Waals surface area contributed by atoms with Crippen LogP contribution in [0.4, 0.5) is 22.7 Å². The van der Waals surface area contributed by atoms with E-state index >= 15 is 0 Å². The lowest BCUT2D eigenvalue weighted by Gasteiger charge is -2.34. The minimum Gasteiger partial charge on any atom is -0.367 e. The third-order valence-corrected chi connectivity index (χ3v) is 7.40. The first kappa shape index (κ1) is 27.8. The molecule has 2 fully saturated rings. The summed E-state index contributed by atoms with van der Waals surface area (Å²) in [5.74, 6) is 0.707. The lowest BCUT2D eigenvalue weighted by molar-refractivity contribution is -0.383. The van der Waals surface area contributed by atoms with Crippen LogP contribution in [0.2, 0.25) is 0 Å². The molecule has 5 aromatic rings. The Balaban J connectivity index is 0.000000157. The van der Waals surface area contributed by atoms with Gasteiger partial charge >= 0.3 is 11.4 Å². The standard InChI is InChI=1S/C14H13N7O3.C11H13N5O3/c22-21(23)11-3-2-10(12-13(11)19-24-18-12)20-7-6-15-9(8-20)14-16-4-1-5-17-14;1-14-4-6-15(7-5-14)8-2-3-9(16(17)18)11-10(8)12-19-13-11/h1-5,9,15H,6-8H2;2-3H,4-7H2,1H3. The van der Waals surface area contributed by atoms with Gasteiger partial charge < -0.3 is 20.0 Å². The zero-order chi connectivity index (χ0) is 29.9. The Morgan fingerprint density at radius 1 is 0.767 bits per heavy atom. The van der Waals surface area contributed by atoms with Crippen LogP contribution < -0.4 is 15.1 Å². The Morgan fingerprint density at radius 3 is 1.86 bits per heavy atom.